The standard InChI is InChI=1S/C26H26FN3O3S3/c1-17-6-10-21(11-7-17)36(32,33)35-24-12-13-30(15-19(24)14-20-16-34-29-28-20)25(26(31)18-8-9-18)22-4-2-3-5-23(22)27/h2-7,10-11,14,16,18,24-25H,8-9,12-13,15H2,1H3/b19-14+. The number of carbonyl (C=O) groups is 1. The van der Waals surface area contributed by atoms with Crippen LogP contribution >= 0.6 is 22.3 Å². The van der Waals surface area contributed by atoms with Gasteiger partial charge >= 0.3 is 0 Å². The topological polar surface area (TPSA) is 80.2 Å². The number of Topliss-reactive ketones (excluding diaryl/α,β-unsaturated/α-hetero) is 1. The lowest BCUT2D eigenvalue weighted by Gasteiger charge is -2.38. The minimum atomic E-state index is -3.61. The molecule has 10 heteroatoms. The van der Waals surface area contributed by atoms with Crippen molar-refractivity contribution in [2.75, 3.05) is 13.1 Å². The summed E-state index contributed by atoms with van der Waals surface area (Å²) in [5, 5.41) is 5.58. The van der Waals surface area contributed by atoms with E-state index >= 15 is 0 Å². The maximum atomic E-state index is 14.9. The monoisotopic (exact) mass is 543 g/mol. The maximum Gasteiger partial charge on any atom is 0.230 e. The van der Waals surface area contributed by atoms with Crippen LogP contribution in [0.1, 0.15) is 42.1 Å². The molecule has 6 nitrogen and oxygen atoms in total. The second-order valence-corrected chi connectivity index (χ2v) is 13.9. The van der Waals surface area contributed by atoms with Crippen molar-refractivity contribution in [3.05, 3.63) is 82.1 Å². The molecule has 0 radical (unpaired) electrons. The average molecular weight is 544 g/mol. The predicted molar refractivity (Wildman–Crippen MR) is 141 cm³/mol. The summed E-state index contributed by atoms with van der Waals surface area (Å²) >= 11 is 1.22. The molecule has 3 aromatic rings. The van der Waals surface area contributed by atoms with E-state index in [-0.39, 0.29) is 21.8 Å². The fourth-order valence-corrected chi connectivity index (χ4v) is 8.52. The SMILES string of the molecule is Cc1ccc(S(=O)(=O)SC2CCN(C(C(=O)C3CC3)c3ccccc3F)C/C2=C\c2csnn2)cc1. The summed E-state index contributed by atoms with van der Waals surface area (Å²) in [4.78, 5) is 15.6. The number of likely N-dealkylation sites (tertiary alicyclic amines) is 1. The van der Waals surface area contributed by atoms with E-state index in [1.807, 2.05) is 17.9 Å². The molecule has 2 unspecified atom stereocenters. The highest BCUT2D eigenvalue weighted by Gasteiger charge is 2.42. The van der Waals surface area contributed by atoms with Crippen LogP contribution in [0, 0.1) is 18.7 Å². The Kier molecular flexibility index (Phi) is 7.39. The molecule has 36 heavy (non-hydrogen) atoms. The number of rotatable bonds is 8. The van der Waals surface area contributed by atoms with Crippen LogP contribution < -0.4 is 0 Å². The van der Waals surface area contributed by atoms with Crippen LogP contribution in [0.25, 0.3) is 6.08 Å². The van der Waals surface area contributed by atoms with E-state index in [1.54, 1.807) is 47.8 Å². The molecule has 1 saturated carbocycles. The van der Waals surface area contributed by atoms with Crippen LogP contribution in [0.2, 0.25) is 0 Å². The molecule has 5 rings (SSSR count). The fourth-order valence-electron chi connectivity index (χ4n) is 4.51. The zero-order valence-corrected chi connectivity index (χ0v) is 22.2. The van der Waals surface area contributed by atoms with Crippen molar-refractivity contribution in [1.82, 2.24) is 14.5 Å². The molecule has 0 amide bonds. The Bertz CT molecular complexity index is 1370. The summed E-state index contributed by atoms with van der Waals surface area (Å²) in [7, 11) is -2.68. The number of hydrogen-bond acceptors (Lipinski definition) is 8. The van der Waals surface area contributed by atoms with E-state index in [2.05, 4.69) is 9.59 Å². The Morgan fingerprint density at radius 3 is 2.58 bits per heavy atom. The summed E-state index contributed by atoms with van der Waals surface area (Å²) in [5.41, 5.74) is 2.84. The second kappa shape index (κ2) is 10.5. The van der Waals surface area contributed by atoms with Crippen molar-refractivity contribution in [2.24, 2.45) is 5.92 Å². The van der Waals surface area contributed by atoms with Gasteiger partial charge in [-0.2, -0.15) is 0 Å². The van der Waals surface area contributed by atoms with Crippen LogP contribution in [0.5, 0.6) is 0 Å². The molecule has 1 aliphatic heterocycles. The molecule has 2 aromatic carbocycles. The highest BCUT2D eigenvalue weighted by Crippen LogP contribution is 2.42. The molecule has 1 saturated heterocycles. The van der Waals surface area contributed by atoms with Gasteiger partial charge in [0.25, 0.3) is 0 Å². The van der Waals surface area contributed by atoms with E-state index in [4.69, 9.17) is 0 Å². The zero-order chi connectivity index (χ0) is 25.3. The maximum absolute atomic E-state index is 14.9. The van der Waals surface area contributed by atoms with Crippen LogP contribution in [-0.4, -0.2) is 47.0 Å². The van der Waals surface area contributed by atoms with Gasteiger partial charge < -0.3 is 0 Å². The smallest absolute Gasteiger partial charge is 0.230 e. The molecule has 0 N–H and O–H groups in total. The highest BCUT2D eigenvalue weighted by atomic mass is 33.1. The first-order valence-electron chi connectivity index (χ1n) is 11.8. The number of ketones is 1. The number of piperidine rings is 1. The Morgan fingerprint density at radius 2 is 1.92 bits per heavy atom. The third-order valence-electron chi connectivity index (χ3n) is 6.55. The van der Waals surface area contributed by atoms with Gasteiger partial charge in [0.05, 0.1) is 16.6 Å². The first-order valence-corrected chi connectivity index (χ1v) is 15.5. The fraction of sp³-hybridized carbons (Fsp3) is 0.346. The van der Waals surface area contributed by atoms with Crippen molar-refractivity contribution in [3.63, 3.8) is 0 Å². The Morgan fingerprint density at radius 1 is 1.17 bits per heavy atom. The van der Waals surface area contributed by atoms with Crippen molar-refractivity contribution in [2.45, 2.75) is 42.4 Å². The van der Waals surface area contributed by atoms with Gasteiger partial charge in [-0.25, -0.2) is 12.8 Å². The summed E-state index contributed by atoms with van der Waals surface area (Å²) in [6.45, 7) is 2.73. The van der Waals surface area contributed by atoms with E-state index in [0.29, 0.717) is 30.8 Å². The lowest BCUT2D eigenvalue weighted by molar-refractivity contribution is -0.126. The molecule has 2 heterocycles. The van der Waals surface area contributed by atoms with Crippen molar-refractivity contribution < 1.29 is 17.6 Å². The van der Waals surface area contributed by atoms with E-state index < -0.39 is 20.7 Å². The molecule has 1 aliphatic carbocycles. The van der Waals surface area contributed by atoms with Gasteiger partial charge in [-0.1, -0.05) is 40.4 Å². The largest absolute Gasteiger partial charge is 0.297 e. The molecular weight excluding hydrogens is 518 g/mol. The minimum Gasteiger partial charge on any atom is -0.297 e. The van der Waals surface area contributed by atoms with Gasteiger partial charge in [0, 0.05) is 35.2 Å². The molecule has 2 aliphatic rings. The highest BCUT2D eigenvalue weighted by molar-refractivity contribution is 8.72. The lowest BCUT2D eigenvalue weighted by atomic mass is 9.93. The van der Waals surface area contributed by atoms with Gasteiger partial charge in [0.15, 0.2) is 5.78 Å². The number of aromatic nitrogens is 2. The minimum absolute atomic E-state index is 0.0353. The quantitative estimate of drug-likeness (QED) is 0.357. The van der Waals surface area contributed by atoms with Gasteiger partial charge in [0.1, 0.15) is 5.82 Å². The molecule has 0 spiro atoms. The van der Waals surface area contributed by atoms with Crippen LogP contribution in [-0.2, 0) is 13.7 Å². The first kappa shape index (κ1) is 25.3. The number of benzene rings is 2. The number of halogens is 1. The summed E-state index contributed by atoms with van der Waals surface area (Å²) in [6.07, 6.45) is 4.02. The molecule has 188 valence electrons. The van der Waals surface area contributed by atoms with Crippen LogP contribution in [0.4, 0.5) is 4.39 Å². The number of hydrogen-bond donors (Lipinski definition) is 0. The second-order valence-electron chi connectivity index (χ2n) is 9.26. The predicted octanol–water partition coefficient (Wildman–Crippen LogP) is 5.29. The summed E-state index contributed by atoms with van der Waals surface area (Å²) in [6, 6.07) is 12.6. The molecule has 0 bridgehead atoms. The summed E-state index contributed by atoms with van der Waals surface area (Å²) < 4.78 is 45.3. The third-order valence-corrected chi connectivity index (χ3v) is 11.0. The van der Waals surface area contributed by atoms with Crippen molar-refractivity contribution >= 4 is 43.1 Å². The Labute approximate surface area is 218 Å². The van der Waals surface area contributed by atoms with Gasteiger partial charge in [0.2, 0.25) is 8.87 Å². The molecule has 2 fully saturated rings. The van der Waals surface area contributed by atoms with Crippen LogP contribution in [0.3, 0.4) is 0 Å². The molecule has 1 aromatic heterocycles. The molecule has 2 atom stereocenters. The number of nitrogens with zero attached hydrogens (tertiary/aromatic N) is 3. The van der Waals surface area contributed by atoms with Gasteiger partial charge in [-0.15, -0.1) is 5.10 Å². The zero-order valence-electron chi connectivity index (χ0n) is 19.7. The third kappa shape index (κ3) is 5.61. The van der Waals surface area contributed by atoms with E-state index in [1.165, 1.54) is 17.6 Å². The first-order chi connectivity index (χ1) is 17.3. The number of carbonyl (C=O) groups excluding carboxylic acids is 1. The Balaban J connectivity index is 1.46. The normalized spacial score (nSPS) is 20.9. The van der Waals surface area contributed by atoms with Crippen molar-refractivity contribution in [3.8, 4) is 0 Å². The van der Waals surface area contributed by atoms with E-state index in [9.17, 15) is 17.6 Å². The van der Waals surface area contributed by atoms with Gasteiger partial charge in [-0.3, -0.25) is 9.69 Å². The van der Waals surface area contributed by atoms with Gasteiger partial charge in [-0.05, 0) is 78.4 Å². The van der Waals surface area contributed by atoms with Crippen LogP contribution in [0.15, 0.2) is 64.4 Å². The average Bonchev–Trinajstić information content (AvgIpc) is 3.59. The lowest BCUT2D eigenvalue weighted by Crippen LogP contribution is -2.43. The van der Waals surface area contributed by atoms with E-state index in [0.717, 1.165) is 34.8 Å². The molecular formula is C26H26FN3O3S3. The van der Waals surface area contributed by atoms with Crippen molar-refractivity contribution in [1.29, 1.82) is 0 Å². The summed E-state index contributed by atoms with van der Waals surface area (Å²) in [5.74, 6) is -0.406. The Hall–Kier alpha value is -2.40. The number of aryl methyl sites for hydroxylation is 1.